The van der Waals surface area contributed by atoms with Crippen molar-refractivity contribution in [2.45, 2.75) is 39.0 Å². The first-order valence-electron chi connectivity index (χ1n) is 6.10. The second-order valence-corrected chi connectivity index (χ2v) is 28.9. The Morgan fingerprint density at radius 1 is 1.31 bits per heavy atom. The monoisotopic (exact) mass is 260 g/mol. The van der Waals surface area contributed by atoms with E-state index in [0.717, 1.165) is 0 Å². The van der Waals surface area contributed by atoms with Crippen molar-refractivity contribution in [1.82, 2.24) is 0 Å². The van der Waals surface area contributed by atoms with Crippen LogP contribution in [0.2, 0.25) is 26.1 Å². The molecule has 0 aromatic heterocycles. The number of hydrogen-bond acceptors (Lipinski definition) is 1. The first kappa shape index (κ1) is 15.9. The van der Waals surface area contributed by atoms with E-state index in [4.69, 9.17) is 5.11 Å². The average molecular weight is 260 g/mol. The summed E-state index contributed by atoms with van der Waals surface area (Å²) in [7, 11) is 0. The summed E-state index contributed by atoms with van der Waals surface area (Å²) in [6, 6.07) is 0. The summed E-state index contributed by atoms with van der Waals surface area (Å²) in [6.07, 6.45) is 10.4. The molecule has 1 aliphatic rings. The van der Waals surface area contributed by atoms with Crippen LogP contribution in [-0.2, 0) is 14.0 Å². The molecule has 16 heavy (non-hydrogen) atoms. The molecule has 94 valence electrons. The first-order chi connectivity index (χ1) is 7.01. The third-order valence-corrected chi connectivity index (χ3v) is 8.30. The molecule has 0 aromatic rings. The van der Waals surface area contributed by atoms with Gasteiger partial charge in [-0.1, -0.05) is 6.08 Å². The molecule has 0 atom stereocenters. The molecule has 0 saturated heterocycles. The van der Waals surface area contributed by atoms with Crippen LogP contribution < -0.4 is 0 Å². The predicted octanol–water partition coefficient (Wildman–Crippen LogP) is 4.85. The molecule has 1 N–H and O–H groups in total. The van der Waals surface area contributed by atoms with Crippen LogP contribution in [0.25, 0.3) is 0 Å². The third kappa shape index (κ3) is 6.47. The van der Waals surface area contributed by atoms with Crippen molar-refractivity contribution in [2.75, 3.05) is 6.61 Å². The zero-order valence-corrected chi connectivity index (χ0v) is 13.1. The summed E-state index contributed by atoms with van der Waals surface area (Å²) in [6.45, 7) is 3.62. The van der Waals surface area contributed by atoms with E-state index in [2.05, 4.69) is 50.9 Å². The molecule has 0 aliphatic heterocycles. The van der Waals surface area contributed by atoms with E-state index in [1.807, 2.05) is 0 Å². The summed E-state index contributed by atoms with van der Waals surface area (Å²) in [4.78, 5) is 0. The van der Waals surface area contributed by atoms with Gasteiger partial charge in [0.2, 0.25) is 0 Å². The zero-order valence-electron chi connectivity index (χ0n) is 11.6. The van der Waals surface area contributed by atoms with Gasteiger partial charge >= 0.3 is 68.7 Å². The number of hydrogen-bond donors (Lipinski definition) is 1. The summed E-state index contributed by atoms with van der Waals surface area (Å²) in [5, 5.41) is 20.4. The molecule has 0 bridgehead atoms. The maximum atomic E-state index is 8.00. The van der Waals surface area contributed by atoms with Gasteiger partial charge in [0.15, 0.2) is 0 Å². The molecule has 0 fully saturated rings. The topological polar surface area (TPSA) is 20.2 Å². The van der Waals surface area contributed by atoms with Gasteiger partial charge in [0.1, 0.15) is 0 Å². The van der Waals surface area contributed by atoms with Crippen molar-refractivity contribution in [2.24, 2.45) is 0 Å². The van der Waals surface area contributed by atoms with Gasteiger partial charge in [0.25, 0.3) is 0 Å². The second kappa shape index (κ2) is 4.64. The SMILES string of the molecule is C=CCCO.[CH3][Ti]([CH3])([CH3])([CH3])([CH3])[C]1=CC=CC1. The number of allylic oxidation sites excluding steroid dienone is 4. The summed E-state index contributed by atoms with van der Waals surface area (Å²) < 4.78 is 1.70. The fourth-order valence-electron chi connectivity index (χ4n) is 1.47. The molecule has 0 radical (unpaired) electrons. The van der Waals surface area contributed by atoms with Gasteiger partial charge in [-0.3, -0.25) is 0 Å². The molecular formula is C14H28OTi. The Kier molecular flexibility index (Phi) is 4.61. The Morgan fingerprint density at radius 2 is 1.88 bits per heavy atom. The molecule has 1 aliphatic carbocycles. The van der Waals surface area contributed by atoms with Gasteiger partial charge in [-0.05, 0) is 6.42 Å². The normalized spacial score (nSPS) is 19.0. The minimum absolute atomic E-state index is 0.226. The van der Waals surface area contributed by atoms with Crippen molar-refractivity contribution in [3.63, 3.8) is 0 Å². The zero-order chi connectivity index (χ0) is 12.9. The Hall–Kier alpha value is -0.106. The summed E-state index contributed by atoms with van der Waals surface area (Å²) >= 11 is -2.61. The van der Waals surface area contributed by atoms with Crippen molar-refractivity contribution in [3.05, 3.63) is 34.8 Å². The fraction of sp³-hybridized carbons (Fsp3) is 0.571. The Bertz CT molecular complexity index is 300. The third-order valence-electron chi connectivity index (χ3n) is 2.71. The minimum atomic E-state index is -2.61. The van der Waals surface area contributed by atoms with Gasteiger partial charge < -0.3 is 5.11 Å². The van der Waals surface area contributed by atoms with E-state index < -0.39 is 14.0 Å². The Balaban J connectivity index is 0.000000385. The standard InChI is InChI=1S/C5H5.C4H8O.5CH3.Ti/c1-2-4-5-3-1;1-2-3-4-5;;;;;;/h1-3H,4H2;2,5H,1,3-4H2;5*1H3;. The summed E-state index contributed by atoms with van der Waals surface area (Å²) in [5.74, 6) is 0. The Morgan fingerprint density at radius 3 is 2.00 bits per heavy atom. The number of aliphatic hydroxyl groups excluding tert-OH is 1. The van der Waals surface area contributed by atoms with Crippen molar-refractivity contribution < 1.29 is 19.1 Å². The molecule has 0 amide bonds. The van der Waals surface area contributed by atoms with Crippen LogP contribution in [0.3, 0.4) is 0 Å². The van der Waals surface area contributed by atoms with Crippen LogP contribution in [0, 0.1) is 0 Å². The van der Waals surface area contributed by atoms with Gasteiger partial charge in [0.05, 0.1) is 0 Å². The van der Waals surface area contributed by atoms with Crippen LogP contribution in [0.15, 0.2) is 34.8 Å². The van der Waals surface area contributed by atoms with Gasteiger partial charge in [-0.2, -0.15) is 0 Å². The first-order valence-corrected chi connectivity index (χ1v) is 14.7. The van der Waals surface area contributed by atoms with Crippen molar-refractivity contribution in [3.8, 4) is 0 Å². The van der Waals surface area contributed by atoms with E-state index in [1.54, 1.807) is 9.95 Å². The van der Waals surface area contributed by atoms with Gasteiger partial charge in [-0.15, -0.1) is 6.58 Å². The van der Waals surface area contributed by atoms with Crippen LogP contribution in [0.4, 0.5) is 0 Å². The molecule has 0 aromatic carbocycles. The molecule has 2 heteroatoms. The van der Waals surface area contributed by atoms with E-state index in [9.17, 15) is 0 Å². The van der Waals surface area contributed by atoms with Crippen molar-refractivity contribution >= 4 is 0 Å². The maximum absolute atomic E-state index is 8.00. The van der Waals surface area contributed by atoms with Crippen molar-refractivity contribution in [1.29, 1.82) is 0 Å². The average Bonchev–Trinajstić information content (AvgIpc) is 2.54. The van der Waals surface area contributed by atoms with E-state index in [1.165, 1.54) is 6.42 Å². The molecule has 0 heterocycles. The summed E-state index contributed by atoms with van der Waals surface area (Å²) in [5.41, 5.74) is 0. The fourth-order valence-corrected chi connectivity index (χ4v) is 4.69. The second-order valence-electron chi connectivity index (χ2n) is 8.38. The Labute approximate surface area is 99.4 Å². The van der Waals surface area contributed by atoms with Crippen LogP contribution in [-0.4, -0.2) is 11.7 Å². The van der Waals surface area contributed by atoms with Gasteiger partial charge in [0, 0.05) is 6.61 Å². The van der Waals surface area contributed by atoms with E-state index in [0.29, 0.717) is 6.42 Å². The van der Waals surface area contributed by atoms with E-state index in [-0.39, 0.29) is 6.61 Å². The molecule has 1 rings (SSSR count). The van der Waals surface area contributed by atoms with Crippen LogP contribution in [0.1, 0.15) is 12.8 Å². The molecule has 1 nitrogen and oxygen atoms in total. The number of rotatable bonds is 3. The van der Waals surface area contributed by atoms with Gasteiger partial charge in [-0.25, -0.2) is 0 Å². The quantitative estimate of drug-likeness (QED) is 0.568. The molecular weight excluding hydrogens is 232 g/mol. The van der Waals surface area contributed by atoms with Crippen LogP contribution in [0.5, 0.6) is 0 Å². The van der Waals surface area contributed by atoms with Crippen LogP contribution >= 0.6 is 0 Å². The number of aliphatic hydroxyl groups is 1. The molecule has 0 saturated carbocycles. The predicted molar refractivity (Wildman–Crippen MR) is 73.1 cm³/mol. The molecule has 0 spiro atoms. The van der Waals surface area contributed by atoms with E-state index >= 15 is 0 Å². The molecule has 0 unspecified atom stereocenters.